The second kappa shape index (κ2) is 11.6. The molecule has 0 bridgehead atoms. The van der Waals surface area contributed by atoms with Crippen molar-refractivity contribution < 1.29 is 43.5 Å². The van der Waals surface area contributed by atoms with Crippen molar-refractivity contribution in [3.05, 3.63) is 57.5 Å². The summed E-state index contributed by atoms with van der Waals surface area (Å²) in [6.07, 6.45) is -2.30. The highest BCUT2D eigenvalue weighted by Gasteiger charge is 2.53. The molecule has 3 aliphatic heterocycles. The zero-order valence-corrected chi connectivity index (χ0v) is 20.5. The third-order valence-corrected chi connectivity index (χ3v) is 6.07. The maximum atomic E-state index is 13.2. The lowest BCUT2D eigenvalue weighted by atomic mass is 9.96. The van der Waals surface area contributed by atoms with Crippen molar-refractivity contribution in [2.24, 2.45) is 0 Å². The van der Waals surface area contributed by atoms with E-state index >= 15 is 0 Å². The molecule has 14 nitrogen and oxygen atoms in total. The van der Waals surface area contributed by atoms with Gasteiger partial charge in [-0.1, -0.05) is 6.58 Å². The maximum absolute atomic E-state index is 13.2. The molecule has 15 heteroatoms. The monoisotopic (exact) mass is 530 g/mol. The summed E-state index contributed by atoms with van der Waals surface area (Å²) < 4.78 is 35.0. The van der Waals surface area contributed by atoms with Crippen LogP contribution in [0.3, 0.4) is 0 Å². The molecule has 0 aliphatic carbocycles. The number of hydrogen-bond donors (Lipinski definition) is 5. The Balaban J connectivity index is 0.000000206. The maximum Gasteiger partial charge on any atom is 0.330 e. The first-order valence-electron chi connectivity index (χ1n) is 11.2. The predicted molar refractivity (Wildman–Crippen MR) is 123 cm³/mol. The first kappa shape index (κ1) is 28.6. The van der Waals surface area contributed by atoms with E-state index in [1.54, 1.807) is 0 Å². The largest absolute Gasteiger partial charge is 0.390 e. The number of carbonyl (C=O) groups is 1. The van der Waals surface area contributed by atoms with E-state index in [-0.39, 0.29) is 25.5 Å². The number of rotatable bonds is 6. The van der Waals surface area contributed by atoms with Gasteiger partial charge in [-0.15, -0.1) is 0 Å². The lowest BCUT2D eigenvalue weighted by molar-refractivity contribution is -0.120. The van der Waals surface area contributed by atoms with Crippen LogP contribution in [0.5, 0.6) is 0 Å². The second-order valence-corrected chi connectivity index (χ2v) is 8.84. The predicted octanol–water partition coefficient (Wildman–Crippen LogP) is -1.99. The molecule has 4 rings (SSSR count). The summed E-state index contributed by atoms with van der Waals surface area (Å²) in [6.45, 7) is 5.29. The first-order chi connectivity index (χ1) is 17.4. The standard InChI is InChI=1S/C11H15FN2O4.C11H16N2O6/c1-6-13-11(16)7(12)4-14(6)10-3-8(15)9(18-10)5-17-2;1-11(17)8(15)6(5-18-2)19-9(11)13-4-3-7(14)12-10(13)16/h4,8-10,15H,1,3,5H2,2H3,(H,13,16);3-4,6,8-9,15,17H,5H2,1-2H3,(H,12,14,16)/t8?,9-,10-;6-,8-,9-,11-/m11/s1. The number of halogens is 1. The Morgan fingerprint density at radius 1 is 1.19 bits per heavy atom. The highest BCUT2D eigenvalue weighted by atomic mass is 19.1. The van der Waals surface area contributed by atoms with E-state index < -0.39 is 65.5 Å². The van der Waals surface area contributed by atoms with Crippen LogP contribution < -0.4 is 16.6 Å². The summed E-state index contributed by atoms with van der Waals surface area (Å²) in [5.74, 6) is -1.53. The van der Waals surface area contributed by atoms with Crippen LogP contribution in [-0.4, -0.2) is 99.4 Å². The zero-order chi connectivity index (χ0) is 27.5. The molecule has 1 aromatic rings. The Kier molecular flexibility index (Phi) is 9.01. The van der Waals surface area contributed by atoms with Gasteiger partial charge >= 0.3 is 5.69 Å². The molecule has 3 aliphatic rings. The molecule has 0 spiro atoms. The van der Waals surface area contributed by atoms with Crippen molar-refractivity contribution in [3.63, 3.8) is 0 Å². The number of ether oxygens (including phenoxy) is 4. The van der Waals surface area contributed by atoms with Gasteiger partial charge in [0.05, 0.1) is 19.3 Å². The molecule has 0 aromatic carbocycles. The molecule has 2 saturated heterocycles. The number of nitrogens with one attached hydrogen (secondary N) is 2. The number of aliphatic hydroxyl groups is 3. The fourth-order valence-corrected chi connectivity index (χ4v) is 4.13. The Hall–Kier alpha value is -2.92. The quantitative estimate of drug-likeness (QED) is 0.274. The fourth-order valence-electron chi connectivity index (χ4n) is 4.13. The normalized spacial score (nSPS) is 33.6. The van der Waals surface area contributed by atoms with Gasteiger partial charge in [-0.2, -0.15) is 4.39 Å². The van der Waals surface area contributed by atoms with Gasteiger partial charge in [0.1, 0.15) is 36.0 Å². The van der Waals surface area contributed by atoms with Crippen LogP contribution >= 0.6 is 0 Å². The molecule has 2 fully saturated rings. The topological polar surface area (TPSA) is 185 Å². The number of aliphatic hydroxyl groups excluding tert-OH is 2. The summed E-state index contributed by atoms with van der Waals surface area (Å²) in [6, 6.07) is 1.14. The summed E-state index contributed by atoms with van der Waals surface area (Å²) in [7, 11) is 2.94. The zero-order valence-electron chi connectivity index (χ0n) is 20.5. The minimum Gasteiger partial charge on any atom is -0.390 e. The van der Waals surface area contributed by atoms with Gasteiger partial charge in [-0.3, -0.25) is 19.1 Å². The summed E-state index contributed by atoms with van der Waals surface area (Å²) in [5.41, 5.74) is -2.94. The summed E-state index contributed by atoms with van der Waals surface area (Å²) in [5, 5.41) is 32.3. The average molecular weight is 531 g/mol. The number of H-pyrrole nitrogens is 1. The molecule has 0 saturated carbocycles. The molecule has 1 aromatic heterocycles. The minimum absolute atomic E-state index is 0.0753. The highest BCUT2D eigenvalue weighted by Crippen LogP contribution is 2.37. The third-order valence-electron chi connectivity index (χ3n) is 6.07. The summed E-state index contributed by atoms with van der Waals surface area (Å²) >= 11 is 0. The van der Waals surface area contributed by atoms with Gasteiger partial charge in [-0.05, 0) is 6.92 Å². The van der Waals surface area contributed by atoms with Crippen molar-refractivity contribution in [1.29, 1.82) is 0 Å². The number of aromatic nitrogens is 2. The van der Waals surface area contributed by atoms with Crippen molar-refractivity contribution in [2.75, 3.05) is 27.4 Å². The van der Waals surface area contributed by atoms with Gasteiger partial charge in [0.25, 0.3) is 11.5 Å². The summed E-state index contributed by atoms with van der Waals surface area (Å²) in [4.78, 5) is 37.2. The van der Waals surface area contributed by atoms with E-state index in [1.165, 1.54) is 32.2 Å². The van der Waals surface area contributed by atoms with E-state index in [2.05, 4.69) is 16.9 Å². The Morgan fingerprint density at radius 2 is 1.84 bits per heavy atom. The Morgan fingerprint density at radius 3 is 2.46 bits per heavy atom. The molecule has 5 N–H and O–H groups in total. The van der Waals surface area contributed by atoms with Crippen LogP contribution in [0.25, 0.3) is 0 Å². The Bertz CT molecular complexity index is 1130. The fraction of sp³-hybridized carbons (Fsp3) is 0.591. The molecule has 206 valence electrons. The van der Waals surface area contributed by atoms with E-state index in [0.717, 1.165) is 16.8 Å². The minimum atomic E-state index is -1.68. The van der Waals surface area contributed by atoms with Gasteiger partial charge in [-0.25, -0.2) is 4.79 Å². The van der Waals surface area contributed by atoms with E-state index in [9.17, 15) is 34.1 Å². The van der Waals surface area contributed by atoms with Crippen LogP contribution in [0.4, 0.5) is 4.39 Å². The molecular weight excluding hydrogens is 499 g/mol. The molecule has 1 unspecified atom stereocenters. The molecule has 7 atom stereocenters. The average Bonchev–Trinajstić information content (AvgIpc) is 3.29. The molecule has 1 amide bonds. The van der Waals surface area contributed by atoms with E-state index in [0.29, 0.717) is 0 Å². The van der Waals surface area contributed by atoms with Crippen LogP contribution in [0, 0.1) is 0 Å². The molecular formula is C22H31FN4O10. The van der Waals surface area contributed by atoms with Crippen LogP contribution in [0.15, 0.2) is 46.3 Å². The third kappa shape index (κ3) is 6.15. The number of methoxy groups -OCH3 is 2. The van der Waals surface area contributed by atoms with Gasteiger partial charge in [0, 0.05) is 39.1 Å². The number of amides is 1. The SMILES string of the molecule is C=C1NC(=O)C(F)=CN1[C@H]1CC(O)[C@@H](COC)O1.COC[C@H]1O[C@@H](n2ccc(=O)[nH]c2=O)[C@](C)(O)[C@@H]1O. The van der Waals surface area contributed by atoms with Crippen LogP contribution in [-0.2, 0) is 23.7 Å². The van der Waals surface area contributed by atoms with E-state index in [4.69, 9.17) is 18.9 Å². The first-order valence-corrected chi connectivity index (χ1v) is 11.2. The molecule has 37 heavy (non-hydrogen) atoms. The second-order valence-electron chi connectivity index (χ2n) is 8.84. The van der Waals surface area contributed by atoms with Crippen LogP contribution in [0.2, 0.25) is 0 Å². The van der Waals surface area contributed by atoms with Crippen LogP contribution in [0.1, 0.15) is 19.6 Å². The molecule has 0 radical (unpaired) electrons. The van der Waals surface area contributed by atoms with Crippen molar-refractivity contribution in [1.82, 2.24) is 19.8 Å². The molecule has 4 heterocycles. The number of carbonyl (C=O) groups excluding carboxylic acids is 1. The lowest BCUT2D eigenvalue weighted by Gasteiger charge is -2.31. The van der Waals surface area contributed by atoms with Gasteiger partial charge < -0.3 is 44.5 Å². The highest BCUT2D eigenvalue weighted by molar-refractivity contribution is 5.93. The smallest absolute Gasteiger partial charge is 0.330 e. The van der Waals surface area contributed by atoms with Crippen molar-refractivity contribution >= 4 is 5.91 Å². The van der Waals surface area contributed by atoms with Crippen molar-refractivity contribution in [3.8, 4) is 0 Å². The number of hydrogen-bond acceptors (Lipinski definition) is 11. The lowest BCUT2D eigenvalue weighted by Crippen LogP contribution is -2.46. The number of nitrogens with zero attached hydrogens (tertiary/aromatic N) is 2. The number of aromatic amines is 1. The van der Waals surface area contributed by atoms with Gasteiger partial charge in [0.15, 0.2) is 6.23 Å². The van der Waals surface area contributed by atoms with Crippen molar-refractivity contribution in [2.45, 2.75) is 55.8 Å². The van der Waals surface area contributed by atoms with E-state index in [1.807, 2.05) is 0 Å². The Labute approximate surface area is 210 Å². The van der Waals surface area contributed by atoms with Gasteiger partial charge in [0.2, 0.25) is 5.83 Å².